The van der Waals surface area contributed by atoms with Gasteiger partial charge in [-0.3, -0.25) is 24.1 Å². The molecule has 0 spiro atoms. The number of amides is 1. The standard InChI is InChI=1S/C31H30Cl2N4O2/c1-4-11-35-27(20-6-5-7-23(15-20)36-30(39)31(3)9-10-31)8-12-37-19(2)13-26(28(33)29(37)38)25-16-24(25)21-14-22(32)18-34-17-21/h4-8,11-15,17-18,24-25H,9-10,16H2,1-3H3,(H,36,39)/b11-4+,12-8+,35-27-. The summed E-state index contributed by atoms with van der Waals surface area (Å²) >= 11 is 12.7. The zero-order valence-corrected chi connectivity index (χ0v) is 23.6. The molecule has 0 bridgehead atoms. The molecule has 2 fully saturated rings. The van der Waals surface area contributed by atoms with E-state index in [-0.39, 0.29) is 33.7 Å². The Morgan fingerprint density at radius 1 is 1.18 bits per heavy atom. The molecule has 8 heteroatoms. The summed E-state index contributed by atoms with van der Waals surface area (Å²) < 4.78 is 1.54. The lowest BCUT2D eigenvalue weighted by atomic mass is 10.1. The largest absolute Gasteiger partial charge is 0.326 e. The minimum absolute atomic E-state index is 0.0311. The molecule has 200 valence electrons. The summed E-state index contributed by atoms with van der Waals surface area (Å²) in [5.74, 6) is 0.433. The van der Waals surface area contributed by atoms with Crippen LogP contribution in [0.25, 0.3) is 6.20 Å². The highest BCUT2D eigenvalue weighted by atomic mass is 35.5. The van der Waals surface area contributed by atoms with Gasteiger partial charge in [-0.25, -0.2) is 0 Å². The van der Waals surface area contributed by atoms with Gasteiger partial charge in [0.05, 0.1) is 10.7 Å². The lowest BCUT2D eigenvalue weighted by molar-refractivity contribution is -0.120. The average Bonchev–Trinajstić information content (AvgIpc) is 3.85. The molecule has 2 aliphatic carbocycles. The molecule has 2 aliphatic rings. The van der Waals surface area contributed by atoms with E-state index in [1.54, 1.807) is 24.7 Å². The van der Waals surface area contributed by atoms with E-state index in [2.05, 4.69) is 15.3 Å². The van der Waals surface area contributed by atoms with Crippen LogP contribution in [0.4, 0.5) is 5.69 Å². The fourth-order valence-corrected chi connectivity index (χ4v) is 5.18. The number of nitrogens with zero attached hydrogens (tertiary/aromatic N) is 3. The van der Waals surface area contributed by atoms with E-state index in [0.29, 0.717) is 16.4 Å². The van der Waals surface area contributed by atoms with Gasteiger partial charge in [0.1, 0.15) is 5.02 Å². The Hall–Kier alpha value is -3.48. The highest BCUT2D eigenvalue weighted by Crippen LogP contribution is 2.56. The predicted molar refractivity (Wildman–Crippen MR) is 159 cm³/mol. The number of carbonyl (C=O) groups excluding carboxylic acids is 1. The van der Waals surface area contributed by atoms with Crippen molar-refractivity contribution in [1.29, 1.82) is 0 Å². The van der Waals surface area contributed by atoms with E-state index in [1.165, 1.54) is 4.57 Å². The number of hydrogen-bond acceptors (Lipinski definition) is 4. The Balaban J connectivity index is 1.40. The van der Waals surface area contributed by atoms with E-state index in [0.717, 1.165) is 41.6 Å². The van der Waals surface area contributed by atoms with E-state index < -0.39 is 0 Å². The van der Waals surface area contributed by atoms with Crippen LogP contribution in [0.2, 0.25) is 10.0 Å². The van der Waals surface area contributed by atoms with Crippen LogP contribution in [0.3, 0.4) is 0 Å². The first-order valence-corrected chi connectivity index (χ1v) is 13.8. The van der Waals surface area contributed by atoms with Gasteiger partial charge in [0, 0.05) is 47.2 Å². The molecule has 1 amide bonds. The van der Waals surface area contributed by atoms with Crippen LogP contribution in [0, 0.1) is 12.3 Å². The number of allylic oxidation sites excluding steroid dienone is 2. The zero-order valence-electron chi connectivity index (χ0n) is 22.1. The second-order valence-electron chi connectivity index (χ2n) is 10.5. The van der Waals surface area contributed by atoms with Gasteiger partial charge in [-0.2, -0.15) is 0 Å². The average molecular weight is 562 g/mol. The minimum atomic E-state index is -0.276. The molecule has 6 nitrogen and oxygen atoms in total. The lowest BCUT2D eigenvalue weighted by Crippen LogP contribution is -2.21. The molecule has 0 aliphatic heterocycles. The maximum Gasteiger partial charge on any atom is 0.273 e. The molecule has 39 heavy (non-hydrogen) atoms. The number of rotatable bonds is 8. The highest BCUT2D eigenvalue weighted by molar-refractivity contribution is 6.31. The van der Waals surface area contributed by atoms with Crippen LogP contribution < -0.4 is 10.9 Å². The van der Waals surface area contributed by atoms with E-state index in [4.69, 9.17) is 23.2 Å². The fraction of sp³-hybridized carbons (Fsp3) is 0.290. The summed E-state index contributed by atoms with van der Waals surface area (Å²) in [6.07, 6.45) is 13.1. The van der Waals surface area contributed by atoms with Crippen molar-refractivity contribution in [3.05, 3.63) is 110 Å². The molecule has 2 aromatic heterocycles. The van der Waals surface area contributed by atoms with Crippen LogP contribution in [0.5, 0.6) is 0 Å². The molecule has 2 heterocycles. The molecule has 1 N–H and O–H groups in total. The van der Waals surface area contributed by atoms with Gasteiger partial charge in [0.25, 0.3) is 5.56 Å². The van der Waals surface area contributed by atoms with Gasteiger partial charge >= 0.3 is 0 Å². The van der Waals surface area contributed by atoms with E-state index >= 15 is 0 Å². The van der Waals surface area contributed by atoms with Gasteiger partial charge in [0.15, 0.2) is 0 Å². The van der Waals surface area contributed by atoms with Crippen LogP contribution in [-0.2, 0) is 4.79 Å². The molecule has 3 aromatic rings. The van der Waals surface area contributed by atoms with E-state index in [1.807, 2.05) is 69.4 Å². The van der Waals surface area contributed by atoms with Crippen molar-refractivity contribution in [3.63, 3.8) is 0 Å². The summed E-state index contributed by atoms with van der Waals surface area (Å²) in [6.45, 7) is 5.75. The molecule has 2 saturated carbocycles. The number of benzene rings is 1. The first-order chi connectivity index (χ1) is 18.7. The minimum Gasteiger partial charge on any atom is -0.326 e. The Labute approximate surface area is 238 Å². The monoisotopic (exact) mass is 560 g/mol. The van der Waals surface area contributed by atoms with Gasteiger partial charge in [-0.05, 0) is 86.4 Å². The quantitative estimate of drug-likeness (QED) is 0.292. The zero-order chi connectivity index (χ0) is 27.7. The number of aromatic nitrogens is 2. The van der Waals surface area contributed by atoms with Gasteiger partial charge in [-0.15, -0.1) is 0 Å². The number of halogens is 2. The lowest BCUT2D eigenvalue weighted by Gasteiger charge is -2.12. The summed E-state index contributed by atoms with van der Waals surface area (Å²) in [4.78, 5) is 34.6. The SMILES string of the molecule is C/C=C/N=C(/C=C/n1c(C)cc(C2CC2c2cncc(Cl)c2)c(Cl)c1=O)c1cccc(NC(=O)C2(C)CC2)c1. The van der Waals surface area contributed by atoms with Crippen molar-refractivity contribution in [2.24, 2.45) is 10.4 Å². The number of aliphatic imine (C=N–C) groups is 1. The first-order valence-electron chi connectivity index (χ1n) is 13.0. The molecular formula is C31H30Cl2N4O2. The maximum atomic E-state index is 13.3. The summed E-state index contributed by atoms with van der Waals surface area (Å²) in [7, 11) is 0. The van der Waals surface area contributed by atoms with Crippen molar-refractivity contribution in [3.8, 4) is 0 Å². The Morgan fingerprint density at radius 2 is 1.97 bits per heavy atom. The third-order valence-corrected chi connectivity index (χ3v) is 8.04. The van der Waals surface area contributed by atoms with Crippen molar-refractivity contribution < 1.29 is 4.79 Å². The predicted octanol–water partition coefficient (Wildman–Crippen LogP) is 7.36. The normalized spacial score (nSPS) is 20.0. The smallest absolute Gasteiger partial charge is 0.273 e. The van der Waals surface area contributed by atoms with Gasteiger partial charge < -0.3 is 5.32 Å². The molecule has 2 atom stereocenters. The van der Waals surface area contributed by atoms with Gasteiger partial charge in [0.2, 0.25) is 5.91 Å². The van der Waals surface area contributed by atoms with Crippen LogP contribution >= 0.6 is 23.2 Å². The third kappa shape index (κ3) is 5.92. The first kappa shape index (κ1) is 27.1. The van der Waals surface area contributed by atoms with Crippen molar-refractivity contribution in [2.75, 3.05) is 5.32 Å². The van der Waals surface area contributed by atoms with Crippen LogP contribution in [0.1, 0.15) is 67.3 Å². The summed E-state index contributed by atoms with van der Waals surface area (Å²) in [6, 6.07) is 11.5. The highest BCUT2D eigenvalue weighted by Gasteiger charge is 2.45. The molecule has 0 saturated heterocycles. The number of carbonyl (C=O) groups is 1. The Kier molecular flexibility index (Phi) is 7.61. The van der Waals surface area contributed by atoms with Crippen LogP contribution in [0.15, 0.2) is 76.9 Å². The number of aryl methyl sites for hydroxylation is 1. The Bertz CT molecular complexity index is 1580. The summed E-state index contributed by atoms with van der Waals surface area (Å²) in [5, 5.41) is 3.84. The van der Waals surface area contributed by atoms with Crippen LogP contribution in [-0.4, -0.2) is 21.2 Å². The second-order valence-corrected chi connectivity index (χ2v) is 11.3. The molecular weight excluding hydrogens is 531 g/mol. The molecule has 1 aromatic carbocycles. The van der Waals surface area contributed by atoms with Crippen molar-refractivity contribution in [2.45, 2.75) is 51.9 Å². The topological polar surface area (TPSA) is 76.3 Å². The van der Waals surface area contributed by atoms with Gasteiger partial charge in [-0.1, -0.05) is 48.3 Å². The number of nitrogens with one attached hydrogen (secondary N) is 1. The third-order valence-electron chi connectivity index (χ3n) is 7.46. The maximum absolute atomic E-state index is 13.3. The Morgan fingerprint density at radius 3 is 2.69 bits per heavy atom. The number of hydrogen-bond donors (Lipinski definition) is 1. The van der Waals surface area contributed by atoms with Crippen molar-refractivity contribution >= 4 is 46.7 Å². The number of anilines is 1. The fourth-order valence-electron chi connectivity index (χ4n) is 4.71. The molecule has 2 unspecified atom stereocenters. The molecule has 5 rings (SSSR count). The summed E-state index contributed by atoms with van der Waals surface area (Å²) in [5.41, 5.74) is 4.30. The number of pyridine rings is 2. The van der Waals surface area contributed by atoms with Crippen molar-refractivity contribution in [1.82, 2.24) is 9.55 Å². The van der Waals surface area contributed by atoms with E-state index in [9.17, 15) is 9.59 Å². The molecule has 0 radical (unpaired) electrons. The second kappa shape index (κ2) is 10.9.